The van der Waals surface area contributed by atoms with Crippen LogP contribution in [0.25, 0.3) is 0 Å². The fraction of sp³-hybridized carbons (Fsp3) is 0.222. The molecule has 0 bridgehead atoms. The van der Waals surface area contributed by atoms with Crippen molar-refractivity contribution >= 4 is 11.4 Å². The lowest BCUT2D eigenvalue weighted by atomic mass is 10.2. The summed E-state index contributed by atoms with van der Waals surface area (Å²) in [6, 6.07) is 5.80. The highest BCUT2D eigenvalue weighted by atomic mass is 16.6. The molecule has 0 aromatic heterocycles. The predicted octanol–water partition coefficient (Wildman–Crippen LogP) is 1.22. The lowest BCUT2D eigenvalue weighted by molar-refractivity contribution is -0.384. The van der Waals surface area contributed by atoms with Crippen molar-refractivity contribution in [1.82, 2.24) is 0 Å². The largest absolute Gasteiger partial charge is 0.374 e. The summed E-state index contributed by atoms with van der Waals surface area (Å²) in [4.78, 5) is 10.0. The molecule has 0 saturated heterocycles. The van der Waals surface area contributed by atoms with Crippen molar-refractivity contribution in [2.24, 2.45) is 0 Å². The van der Waals surface area contributed by atoms with Gasteiger partial charge in [-0.2, -0.15) is 5.26 Å². The number of aliphatic hydroxyl groups excluding tert-OH is 1. The van der Waals surface area contributed by atoms with E-state index in [0.717, 1.165) is 6.07 Å². The first-order valence-electron chi connectivity index (χ1n) is 4.17. The molecular formula is C9H9N3O3. The summed E-state index contributed by atoms with van der Waals surface area (Å²) in [6.45, 7) is 1.45. The molecule has 1 aromatic rings. The Balaban J connectivity index is 3.16. The minimum atomic E-state index is -0.892. The molecule has 1 atom stereocenters. The molecule has 0 aliphatic rings. The van der Waals surface area contributed by atoms with Gasteiger partial charge < -0.3 is 10.4 Å². The second-order valence-electron chi connectivity index (χ2n) is 2.92. The van der Waals surface area contributed by atoms with Crippen LogP contribution in [-0.2, 0) is 0 Å². The van der Waals surface area contributed by atoms with Crippen LogP contribution in [0.3, 0.4) is 0 Å². The van der Waals surface area contributed by atoms with Gasteiger partial charge in [-0.15, -0.1) is 0 Å². The van der Waals surface area contributed by atoms with Gasteiger partial charge in [0.05, 0.1) is 16.6 Å². The van der Waals surface area contributed by atoms with Gasteiger partial charge in [-0.3, -0.25) is 10.1 Å². The second kappa shape index (κ2) is 4.39. The van der Waals surface area contributed by atoms with Gasteiger partial charge in [0.2, 0.25) is 0 Å². The van der Waals surface area contributed by atoms with Gasteiger partial charge in [-0.1, -0.05) is 0 Å². The summed E-state index contributed by atoms with van der Waals surface area (Å²) < 4.78 is 0. The monoisotopic (exact) mass is 207 g/mol. The minimum absolute atomic E-state index is 0.189. The Labute approximate surface area is 85.9 Å². The van der Waals surface area contributed by atoms with Gasteiger partial charge >= 0.3 is 0 Å². The Morgan fingerprint density at radius 2 is 2.33 bits per heavy atom. The number of rotatable bonds is 3. The average molecular weight is 207 g/mol. The number of benzene rings is 1. The second-order valence-corrected chi connectivity index (χ2v) is 2.92. The smallest absolute Gasteiger partial charge is 0.293 e. The van der Waals surface area contributed by atoms with Crippen LogP contribution in [-0.4, -0.2) is 16.3 Å². The van der Waals surface area contributed by atoms with E-state index in [2.05, 4.69) is 5.32 Å². The van der Waals surface area contributed by atoms with Gasteiger partial charge in [0.25, 0.3) is 5.69 Å². The molecule has 15 heavy (non-hydrogen) atoms. The molecule has 0 heterocycles. The Kier molecular flexibility index (Phi) is 3.21. The standard InChI is InChI=1S/C9H9N3O3/c1-6(13)11-8-3-2-7(5-10)4-9(8)12(14)15/h2-4,6,11,13H,1H3. The Morgan fingerprint density at radius 1 is 1.67 bits per heavy atom. The topological polar surface area (TPSA) is 99.2 Å². The molecule has 6 heteroatoms. The number of anilines is 1. The average Bonchev–Trinajstić information content (AvgIpc) is 2.17. The van der Waals surface area contributed by atoms with Crippen LogP contribution in [0.5, 0.6) is 0 Å². The maximum absolute atomic E-state index is 10.6. The number of nitriles is 1. The molecule has 1 aromatic carbocycles. The molecule has 0 fully saturated rings. The SMILES string of the molecule is CC(O)Nc1ccc(C#N)cc1[N+](=O)[O-]. The maximum atomic E-state index is 10.6. The minimum Gasteiger partial charge on any atom is -0.374 e. The Bertz CT molecular complexity index is 423. The zero-order chi connectivity index (χ0) is 11.4. The normalized spacial score (nSPS) is 11.5. The van der Waals surface area contributed by atoms with Crippen LogP contribution in [0.1, 0.15) is 12.5 Å². The number of nitro benzene ring substituents is 1. The van der Waals surface area contributed by atoms with Gasteiger partial charge in [0.15, 0.2) is 0 Å². The van der Waals surface area contributed by atoms with E-state index in [4.69, 9.17) is 10.4 Å². The van der Waals surface area contributed by atoms with Crippen molar-refractivity contribution in [3.8, 4) is 6.07 Å². The number of nitro groups is 1. The first-order valence-corrected chi connectivity index (χ1v) is 4.17. The van der Waals surface area contributed by atoms with Gasteiger partial charge in [-0.25, -0.2) is 0 Å². The van der Waals surface area contributed by atoms with Gasteiger partial charge in [-0.05, 0) is 19.1 Å². The fourth-order valence-corrected chi connectivity index (χ4v) is 1.10. The summed E-state index contributed by atoms with van der Waals surface area (Å²) >= 11 is 0. The summed E-state index contributed by atoms with van der Waals surface area (Å²) in [5, 5.41) is 30.8. The Hall–Kier alpha value is -2.13. The molecule has 0 amide bonds. The molecule has 6 nitrogen and oxygen atoms in total. The molecule has 1 unspecified atom stereocenters. The van der Waals surface area contributed by atoms with Crippen molar-refractivity contribution in [3.63, 3.8) is 0 Å². The van der Waals surface area contributed by atoms with E-state index >= 15 is 0 Å². The van der Waals surface area contributed by atoms with Crippen LogP contribution in [0.15, 0.2) is 18.2 Å². The van der Waals surface area contributed by atoms with E-state index in [9.17, 15) is 10.1 Å². The number of hydrogen-bond donors (Lipinski definition) is 2. The van der Waals surface area contributed by atoms with Gasteiger partial charge in [0.1, 0.15) is 11.9 Å². The van der Waals surface area contributed by atoms with Crippen molar-refractivity contribution < 1.29 is 10.0 Å². The van der Waals surface area contributed by atoms with E-state index in [1.807, 2.05) is 6.07 Å². The molecule has 0 spiro atoms. The quantitative estimate of drug-likeness (QED) is 0.441. The van der Waals surface area contributed by atoms with E-state index in [-0.39, 0.29) is 16.9 Å². The lowest BCUT2D eigenvalue weighted by Gasteiger charge is -2.09. The van der Waals surface area contributed by atoms with E-state index in [1.54, 1.807) is 0 Å². The summed E-state index contributed by atoms with van der Waals surface area (Å²) in [5.74, 6) is 0. The summed E-state index contributed by atoms with van der Waals surface area (Å²) in [7, 11) is 0. The zero-order valence-corrected chi connectivity index (χ0v) is 7.97. The van der Waals surface area contributed by atoms with Crippen molar-refractivity contribution in [3.05, 3.63) is 33.9 Å². The number of nitrogens with zero attached hydrogens (tertiary/aromatic N) is 2. The molecular weight excluding hydrogens is 198 g/mol. The molecule has 1 rings (SSSR count). The lowest BCUT2D eigenvalue weighted by Crippen LogP contribution is -2.14. The highest BCUT2D eigenvalue weighted by Crippen LogP contribution is 2.25. The maximum Gasteiger partial charge on any atom is 0.293 e. The third-order valence-electron chi connectivity index (χ3n) is 1.69. The van der Waals surface area contributed by atoms with Crippen LogP contribution in [0, 0.1) is 21.4 Å². The molecule has 2 N–H and O–H groups in total. The van der Waals surface area contributed by atoms with Crippen molar-refractivity contribution in [2.75, 3.05) is 5.32 Å². The first-order chi connectivity index (χ1) is 7.04. The van der Waals surface area contributed by atoms with E-state index in [0.29, 0.717) is 0 Å². The van der Waals surface area contributed by atoms with E-state index in [1.165, 1.54) is 19.1 Å². The van der Waals surface area contributed by atoms with Crippen LogP contribution >= 0.6 is 0 Å². The van der Waals surface area contributed by atoms with Crippen molar-refractivity contribution in [1.29, 1.82) is 5.26 Å². The van der Waals surface area contributed by atoms with Crippen LogP contribution < -0.4 is 5.32 Å². The third-order valence-corrected chi connectivity index (χ3v) is 1.69. The third kappa shape index (κ3) is 2.65. The van der Waals surface area contributed by atoms with Crippen LogP contribution in [0.4, 0.5) is 11.4 Å². The zero-order valence-electron chi connectivity index (χ0n) is 7.97. The highest BCUT2D eigenvalue weighted by Gasteiger charge is 2.15. The fourth-order valence-electron chi connectivity index (χ4n) is 1.10. The summed E-state index contributed by atoms with van der Waals surface area (Å²) in [6.07, 6.45) is -0.892. The highest BCUT2D eigenvalue weighted by molar-refractivity contribution is 5.64. The van der Waals surface area contributed by atoms with Gasteiger partial charge in [0, 0.05) is 6.07 Å². The number of nitrogens with one attached hydrogen (secondary N) is 1. The molecule has 0 radical (unpaired) electrons. The van der Waals surface area contributed by atoms with Crippen molar-refractivity contribution in [2.45, 2.75) is 13.2 Å². The molecule has 0 aliphatic heterocycles. The van der Waals surface area contributed by atoms with E-state index < -0.39 is 11.2 Å². The summed E-state index contributed by atoms with van der Waals surface area (Å²) in [5.41, 5.74) is 0.168. The number of hydrogen-bond acceptors (Lipinski definition) is 5. The Morgan fingerprint density at radius 3 is 2.80 bits per heavy atom. The van der Waals surface area contributed by atoms with Crippen LogP contribution in [0.2, 0.25) is 0 Å². The molecule has 0 saturated carbocycles. The first kappa shape index (κ1) is 10.9. The molecule has 0 aliphatic carbocycles. The number of aliphatic hydroxyl groups is 1. The molecule has 78 valence electrons. The predicted molar refractivity (Wildman–Crippen MR) is 53.1 cm³/mol.